The van der Waals surface area contributed by atoms with Crippen LogP contribution in [-0.2, 0) is 14.0 Å². The molecule has 0 rings (SSSR count). The van der Waals surface area contributed by atoms with Gasteiger partial charge in [0.25, 0.3) is 0 Å². The lowest BCUT2D eigenvalue weighted by Crippen LogP contribution is -2.26. The average Bonchev–Trinajstić information content (AvgIpc) is 1.81. The number of hydrogen-bond acceptors (Lipinski definition) is 4. The molecule has 8 nitrogen and oxygen atoms in total. The summed E-state index contributed by atoms with van der Waals surface area (Å²) in [6.07, 6.45) is 0. The van der Waals surface area contributed by atoms with E-state index in [0.29, 0.717) is 0 Å². The lowest BCUT2D eigenvalue weighted by molar-refractivity contribution is 0.0923. The summed E-state index contributed by atoms with van der Waals surface area (Å²) in [6, 6.07) is 0. The van der Waals surface area contributed by atoms with Gasteiger partial charge >= 0.3 is 15.2 Å². The predicted molar refractivity (Wildman–Crippen MR) is 42.9 cm³/mol. The highest BCUT2D eigenvalue weighted by molar-refractivity contribution is 7.70. The molecule has 0 atom stereocenters. The van der Waals surface area contributed by atoms with Gasteiger partial charge in [-0.05, 0) is 0 Å². The van der Waals surface area contributed by atoms with Crippen LogP contribution in [0.4, 0.5) is 0 Å². The molecule has 0 fully saturated rings. The summed E-state index contributed by atoms with van der Waals surface area (Å²) in [6.45, 7) is -0.620. The third kappa shape index (κ3) is 4.85. The molecule has 0 bridgehead atoms. The van der Waals surface area contributed by atoms with Crippen LogP contribution in [0.2, 0.25) is 0 Å². The summed E-state index contributed by atoms with van der Waals surface area (Å²) >= 11 is 0. The Morgan fingerprint density at radius 1 is 1.23 bits per heavy atom. The van der Waals surface area contributed by atoms with E-state index in [1.54, 1.807) is 0 Å². The molecule has 0 unspecified atom stereocenters. The largest absolute Gasteiger partial charge is 0.342 e. The van der Waals surface area contributed by atoms with Gasteiger partial charge in [0.1, 0.15) is 0 Å². The molecule has 0 aliphatic heterocycles. The summed E-state index contributed by atoms with van der Waals surface area (Å²) in [5.74, 6) is 0. The molecule has 0 aliphatic rings. The minimum absolute atomic E-state index is 0.620. The lowest BCUT2D eigenvalue weighted by Gasteiger charge is -2.18. The summed E-state index contributed by atoms with van der Waals surface area (Å²) in [7, 11) is -8.50. The van der Waals surface area contributed by atoms with Crippen molar-refractivity contribution in [2.75, 3.05) is 13.7 Å². The Morgan fingerprint density at radius 2 is 1.62 bits per heavy atom. The third-order valence-corrected chi connectivity index (χ3v) is 4.91. The van der Waals surface area contributed by atoms with Gasteiger partial charge in [0.2, 0.25) is 0 Å². The maximum absolute atomic E-state index is 10.6. The van der Waals surface area contributed by atoms with Crippen molar-refractivity contribution in [3.63, 3.8) is 0 Å². The van der Waals surface area contributed by atoms with Crippen LogP contribution in [-0.4, -0.2) is 38.6 Å². The topological polar surface area (TPSA) is 136 Å². The molecule has 0 aromatic rings. The SMILES string of the molecule is CONCC(P(=O)(O)O)P(=O)(O)O. The van der Waals surface area contributed by atoms with E-state index < -0.39 is 27.1 Å². The van der Waals surface area contributed by atoms with Gasteiger partial charge in [-0.15, -0.1) is 0 Å². The molecule has 10 heteroatoms. The van der Waals surface area contributed by atoms with Crippen molar-refractivity contribution in [3.05, 3.63) is 0 Å². The lowest BCUT2D eigenvalue weighted by atomic mass is 10.8. The zero-order valence-corrected chi connectivity index (χ0v) is 8.48. The number of nitrogens with one attached hydrogen (secondary N) is 1. The quantitative estimate of drug-likeness (QED) is 0.296. The van der Waals surface area contributed by atoms with Crippen LogP contribution in [0.3, 0.4) is 0 Å². The monoisotopic (exact) mass is 235 g/mol. The molecule has 0 radical (unpaired) electrons. The highest BCUT2D eigenvalue weighted by Crippen LogP contribution is 2.59. The van der Waals surface area contributed by atoms with E-state index in [-0.39, 0.29) is 0 Å². The first kappa shape index (κ1) is 13.2. The van der Waals surface area contributed by atoms with Gasteiger partial charge < -0.3 is 24.4 Å². The van der Waals surface area contributed by atoms with E-state index in [1.165, 1.54) is 0 Å². The predicted octanol–water partition coefficient (Wildman–Crippen LogP) is -1.18. The molecule has 13 heavy (non-hydrogen) atoms. The van der Waals surface area contributed by atoms with Crippen LogP contribution < -0.4 is 5.48 Å². The van der Waals surface area contributed by atoms with E-state index in [1.807, 2.05) is 5.48 Å². The molecule has 0 saturated heterocycles. The van der Waals surface area contributed by atoms with E-state index in [0.717, 1.165) is 7.11 Å². The normalized spacial score (nSPS) is 13.7. The van der Waals surface area contributed by atoms with Gasteiger partial charge in [0.05, 0.1) is 7.11 Å². The molecular formula is C3H11NO7P2. The van der Waals surface area contributed by atoms with Gasteiger partial charge in [-0.2, -0.15) is 0 Å². The van der Waals surface area contributed by atoms with E-state index >= 15 is 0 Å². The molecule has 5 N–H and O–H groups in total. The maximum Gasteiger partial charge on any atom is 0.342 e. The second-order valence-electron chi connectivity index (χ2n) is 2.21. The highest BCUT2D eigenvalue weighted by Gasteiger charge is 2.42. The van der Waals surface area contributed by atoms with E-state index in [9.17, 15) is 9.13 Å². The van der Waals surface area contributed by atoms with Crippen LogP contribution in [0.5, 0.6) is 0 Å². The number of hydrogen-bond donors (Lipinski definition) is 5. The van der Waals surface area contributed by atoms with Gasteiger partial charge in [-0.3, -0.25) is 9.13 Å². The average molecular weight is 235 g/mol. The molecule has 80 valence electrons. The molecule has 0 saturated carbocycles. The van der Waals surface area contributed by atoms with Crippen molar-refractivity contribution >= 4 is 15.2 Å². The highest BCUT2D eigenvalue weighted by atomic mass is 31.2. The Balaban J connectivity index is 4.59. The molecule has 0 aromatic carbocycles. The fourth-order valence-corrected chi connectivity index (χ4v) is 2.78. The summed E-state index contributed by atoms with van der Waals surface area (Å²) in [5.41, 5.74) is 1.98. The zero-order chi connectivity index (χ0) is 10.7. The minimum Gasteiger partial charge on any atom is -0.324 e. The Labute approximate surface area is 74.2 Å². The molecule has 0 spiro atoms. The van der Waals surface area contributed by atoms with E-state index in [4.69, 9.17) is 19.6 Å². The minimum atomic E-state index is -4.83. The van der Waals surface area contributed by atoms with Crippen molar-refractivity contribution in [1.29, 1.82) is 0 Å². The van der Waals surface area contributed by atoms with Gasteiger partial charge in [0, 0.05) is 6.54 Å². The smallest absolute Gasteiger partial charge is 0.324 e. The maximum atomic E-state index is 10.6. The van der Waals surface area contributed by atoms with Crippen LogP contribution in [0.25, 0.3) is 0 Å². The Bertz CT molecular complexity index is 220. The van der Waals surface area contributed by atoms with Crippen molar-refractivity contribution < 1.29 is 33.5 Å². The van der Waals surface area contributed by atoms with Crippen LogP contribution in [0, 0.1) is 0 Å². The van der Waals surface area contributed by atoms with Gasteiger partial charge in [-0.25, -0.2) is 5.48 Å². The van der Waals surface area contributed by atoms with Crippen LogP contribution in [0.15, 0.2) is 0 Å². The summed E-state index contributed by atoms with van der Waals surface area (Å²) in [4.78, 5) is 38.5. The number of rotatable bonds is 5. The molecule has 0 aliphatic carbocycles. The number of hydroxylamine groups is 1. The molecule has 0 heterocycles. The Morgan fingerprint density at radius 3 is 1.85 bits per heavy atom. The molecular weight excluding hydrogens is 224 g/mol. The second kappa shape index (κ2) is 4.63. The van der Waals surface area contributed by atoms with E-state index in [2.05, 4.69) is 4.84 Å². The van der Waals surface area contributed by atoms with Crippen molar-refractivity contribution in [3.8, 4) is 0 Å². The first-order valence-corrected chi connectivity index (χ1v) is 6.42. The first-order chi connectivity index (χ1) is 5.69. The standard InChI is InChI=1S/C3H11NO7P2/c1-11-4-2-3(12(5,6)7)13(8,9)10/h3-4H,2H2,1H3,(H2,5,6,7)(H2,8,9,10). The Kier molecular flexibility index (Phi) is 4.71. The summed E-state index contributed by atoms with van der Waals surface area (Å²) in [5, 5.41) is -2.07. The Hall–Kier alpha value is 0.220. The van der Waals surface area contributed by atoms with Crippen molar-refractivity contribution in [2.24, 2.45) is 0 Å². The van der Waals surface area contributed by atoms with Crippen molar-refractivity contribution in [2.45, 2.75) is 5.40 Å². The third-order valence-electron chi connectivity index (χ3n) is 1.19. The fraction of sp³-hybridized carbons (Fsp3) is 1.00. The van der Waals surface area contributed by atoms with Crippen LogP contribution in [0.1, 0.15) is 0 Å². The fourth-order valence-electron chi connectivity index (χ4n) is 0.592. The molecule has 0 amide bonds. The van der Waals surface area contributed by atoms with Gasteiger partial charge in [0.15, 0.2) is 5.40 Å². The summed E-state index contributed by atoms with van der Waals surface area (Å²) < 4.78 is 21.2. The van der Waals surface area contributed by atoms with Crippen LogP contribution >= 0.6 is 15.2 Å². The zero-order valence-electron chi connectivity index (χ0n) is 6.69. The molecule has 0 aromatic heterocycles. The second-order valence-corrected chi connectivity index (χ2v) is 6.22. The van der Waals surface area contributed by atoms with Crippen molar-refractivity contribution in [1.82, 2.24) is 5.48 Å². The van der Waals surface area contributed by atoms with Gasteiger partial charge in [-0.1, -0.05) is 0 Å². The first-order valence-electron chi connectivity index (χ1n) is 3.06.